The van der Waals surface area contributed by atoms with Crippen molar-refractivity contribution in [2.24, 2.45) is 0 Å². The molecule has 1 aliphatic rings. The average molecular weight is 309 g/mol. The van der Waals surface area contributed by atoms with Crippen molar-refractivity contribution in [3.8, 4) is 0 Å². The van der Waals surface area contributed by atoms with E-state index in [1.807, 2.05) is 0 Å². The van der Waals surface area contributed by atoms with Crippen molar-refractivity contribution in [3.05, 3.63) is 57.6 Å². The zero-order valence-corrected chi connectivity index (χ0v) is 11.5. The monoisotopic (exact) mass is 308 g/mol. The van der Waals surface area contributed by atoms with Gasteiger partial charge < -0.3 is 5.32 Å². The van der Waals surface area contributed by atoms with Crippen LogP contribution in [0.25, 0.3) is 11.6 Å². The van der Waals surface area contributed by atoms with E-state index >= 15 is 0 Å². The summed E-state index contributed by atoms with van der Waals surface area (Å²) in [5.41, 5.74) is 1.46. The zero-order valence-electron chi connectivity index (χ0n) is 9.95. The van der Waals surface area contributed by atoms with Crippen molar-refractivity contribution in [2.45, 2.75) is 0 Å². The van der Waals surface area contributed by atoms with Crippen LogP contribution in [0.15, 0.2) is 30.5 Å². The van der Waals surface area contributed by atoms with E-state index < -0.39 is 5.82 Å². The number of hydrogen-bond donors (Lipinski definition) is 1. The lowest BCUT2D eigenvalue weighted by atomic mass is 10.1. The molecule has 1 aromatic carbocycles. The molecule has 20 heavy (non-hydrogen) atoms. The predicted molar refractivity (Wildman–Crippen MR) is 77.2 cm³/mol. The quantitative estimate of drug-likeness (QED) is 0.808. The minimum Gasteiger partial charge on any atom is -0.320 e. The first kappa shape index (κ1) is 13.1. The molecule has 0 unspecified atom stereocenters. The Bertz CT molecular complexity index is 759. The van der Waals surface area contributed by atoms with Gasteiger partial charge in [-0.05, 0) is 18.2 Å². The molecule has 6 heteroatoms. The van der Waals surface area contributed by atoms with Crippen molar-refractivity contribution < 1.29 is 9.18 Å². The number of amides is 1. The topological polar surface area (TPSA) is 42.0 Å². The summed E-state index contributed by atoms with van der Waals surface area (Å²) in [4.78, 5) is 16.0. The third-order valence-electron chi connectivity index (χ3n) is 2.88. The van der Waals surface area contributed by atoms with Crippen LogP contribution in [-0.4, -0.2) is 10.9 Å². The van der Waals surface area contributed by atoms with Crippen LogP contribution in [0.1, 0.15) is 11.3 Å². The molecular formula is C14H7Cl2FN2O. The van der Waals surface area contributed by atoms with Crippen LogP contribution in [0.2, 0.25) is 10.0 Å². The van der Waals surface area contributed by atoms with E-state index in [2.05, 4.69) is 10.3 Å². The van der Waals surface area contributed by atoms with Gasteiger partial charge in [-0.25, -0.2) is 4.39 Å². The molecule has 2 heterocycles. The first-order chi connectivity index (χ1) is 9.56. The molecule has 0 fully saturated rings. The van der Waals surface area contributed by atoms with Gasteiger partial charge in [-0.2, -0.15) is 0 Å². The molecule has 0 spiro atoms. The number of carbonyl (C=O) groups excluding carboxylic acids is 1. The molecule has 1 aliphatic heterocycles. The largest absolute Gasteiger partial charge is 0.320 e. The summed E-state index contributed by atoms with van der Waals surface area (Å²) in [7, 11) is 0. The first-order valence-corrected chi connectivity index (χ1v) is 6.45. The van der Waals surface area contributed by atoms with Gasteiger partial charge in [0.25, 0.3) is 5.91 Å². The fourth-order valence-electron chi connectivity index (χ4n) is 1.97. The predicted octanol–water partition coefficient (Wildman–Crippen LogP) is 4.02. The van der Waals surface area contributed by atoms with Crippen molar-refractivity contribution >= 4 is 46.4 Å². The lowest BCUT2D eigenvalue weighted by Gasteiger charge is -2.01. The molecule has 1 N–H and O–H groups in total. The molecule has 0 bridgehead atoms. The number of benzene rings is 1. The fourth-order valence-corrected chi connectivity index (χ4v) is 2.31. The summed E-state index contributed by atoms with van der Waals surface area (Å²) in [6, 6.07) is 6.19. The third kappa shape index (κ3) is 2.17. The molecule has 1 amide bonds. The van der Waals surface area contributed by atoms with Gasteiger partial charge in [0.2, 0.25) is 0 Å². The van der Waals surface area contributed by atoms with Crippen LogP contribution in [0.3, 0.4) is 0 Å². The molecule has 0 saturated carbocycles. The Hall–Kier alpha value is -1.91. The van der Waals surface area contributed by atoms with Crippen LogP contribution in [0.5, 0.6) is 0 Å². The van der Waals surface area contributed by atoms with Gasteiger partial charge in [0.1, 0.15) is 5.82 Å². The molecule has 3 rings (SSSR count). The van der Waals surface area contributed by atoms with E-state index in [1.165, 1.54) is 24.4 Å². The number of hydrogen-bond acceptors (Lipinski definition) is 2. The molecule has 100 valence electrons. The highest BCUT2D eigenvalue weighted by Crippen LogP contribution is 2.33. The van der Waals surface area contributed by atoms with Gasteiger partial charge in [-0.1, -0.05) is 35.3 Å². The van der Waals surface area contributed by atoms with E-state index in [0.29, 0.717) is 16.4 Å². The number of halogens is 3. The molecule has 0 saturated heterocycles. The van der Waals surface area contributed by atoms with Crippen molar-refractivity contribution in [3.63, 3.8) is 0 Å². The number of aromatic nitrogens is 1. The second-order valence-electron chi connectivity index (χ2n) is 4.20. The van der Waals surface area contributed by atoms with E-state index in [0.717, 1.165) is 0 Å². The van der Waals surface area contributed by atoms with Crippen LogP contribution in [-0.2, 0) is 4.79 Å². The number of pyridine rings is 1. The highest BCUT2D eigenvalue weighted by atomic mass is 35.5. The smallest absolute Gasteiger partial charge is 0.258 e. The number of rotatable bonds is 1. The molecule has 3 nitrogen and oxygen atoms in total. The van der Waals surface area contributed by atoms with E-state index in [-0.39, 0.29) is 22.1 Å². The highest BCUT2D eigenvalue weighted by molar-refractivity contribution is 6.36. The zero-order chi connectivity index (χ0) is 14.3. The summed E-state index contributed by atoms with van der Waals surface area (Å²) in [6.07, 6.45) is 2.85. The lowest BCUT2D eigenvalue weighted by Crippen LogP contribution is -2.03. The van der Waals surface area contributed by atoms with Gasteiger partial charge in [0.15, 0.2) is 0 Å². The fraction of sp³-hybridized carbons (Fsp3) is 0. The lowest BCUT2D eigenvalue weighted by molar-refractivity contribution is -0.110. The summed E-state index contributed by atoms with van der Waals surface area (Å²) < 4.78 is 13.9. The summed E-state index contributed by atoms with van der Waals surface area (Å²) >= 11 is 11.5. The van der Waals surface area contributed by atoms with E-state index in [4.69, 9.17) is 23.2 Å². The highest BCUT2D eigenvalue weighted by Gasteiger charge is 2.26. The van der Waals surface area contributed by atoms with Crippen molar-refractivity contribution in [1.82, 2.24) is 4.98 Å². The maximum Gasteiger partial charge on any atom is 0.258 e. The van der Waals surface area contributed by atoms with Crippen molar-refractivity contribution in [2.75, 3.05) is 5.32 Å². The molecule has 1 aromatic heterocycles. The van der Waals surface area contributed by atoms with Gasteiger partial charge in [0.05, 0.1) is 27.0 Å². The van der Waals surface area contributed by atoms with Gasteiger partial charge in [0, 0.05) is 11.8 Å². The Kier molecular flexibility index (Phi) is 3.20. The van der Waals surface area contributed by atoms with Crippen LogP contribution in [0.4, 0.5) is 10.1 Å². The summed E-state index contributed by atoms with van der Waals surface area (Å²) in [5.74, 6) is -0.925. The number of nitrogens with one attached hydrogen (secondary N) is 1. The average Bonchev–Trinajstić information content (AvgIpc) is 2.70. The Morgan fingerprint density at radius 2 is 2.10 bits per heavy atom. The van der Waals surface area contributed by atoms with E-state index in [9.17, 15) is 9.18 Å². The molecule has 0 aliphatic carbocycles. The first-order valence-electron chi connectivity index (χ1n) is 5.69. The molecular weight excluding hydrogens is 302 g/mol. The van der Waals surface area contributed by atoms with Gasteiger partial charge >= 0.3 is 0 Å². The van der Waals surface area contributed by atoms with Crippen LogP contribution in [0, 0.1) is 5.82 Å². The maximum absolute atomic E-state index is 13.9. The standard InChI is InChI=1S/C14H7Cl2FN2O/c15-8-5-11-13(18-6-8)9(14(20)19-11)4-7-2-1-3-10(16)12(7)17/h1-6H,(H,19,20). The summed E-state index contributed by atoms with van der Waals surface area (Å²) in [5, 5.41) is 3.05. The Labute approximate surface area is 124 Å². The van der Waals surface area contributed by atoms with Gasteiger partial charge in [-0.3, -0.25) is 9.78 Å². The van der Waals surface area contributed by atoms with Crippen LogP contribution < -0.4 is 5.32 Å². The number of carbonyl (C=O) groups is 1. The molecule has 2 aromatic rings. The second-order valence-corrected chi connectivity index (χ2v) is 5.05. The number of nitrogens with zero attached hydrogens (tertiary/aromatic N) is 1. The Morgan fingerprint density at radius 1 is 1.30 bits per heavy atom. The minimum atomic E-state index is -0.572. The number of fused-ring (bicyclic) bond motifs is 1. The van der Waals surface area contributed by atoms with E-state index in [1.54, 1.807) is 12.1 Å². The number of anilines is 1. The molecule has 0 atom stereocenters. The third-order valence-corrected chi connectivity index (χ3v) is 3.38. The Balaban J connectivity index is 2.14. The van der Waals surface area contributed by atoms with Crippen LogP contribution >= 0.6 is 23.2 Å². The molecule has 0 radical (unpaired) electrons. The van der Waals surface area contributed by atoms with Crippen molar-refractivity contribution in [1.29, 1.82) is 0 Å². The Morgan fingerprint density at radius 3 is 2.90 bits per heavy atom. The summed E-state index contributed by atoms with van der Waals surface area (Å²) in [6.45, 7) is 0. The van der Waals surface area contributed by atoms with Gasteiger partial charge in [-0.15, -0.1) is 0 Å². The second kappa shape index (κ2) is 4.89. The minimum absolute atomic E-state index is 0.00189. The maximum atomic E-state index is 13.9. The normalized spacial score (nSPS) is 15.3. The SMILES string of the molecule is O=C1Nc2cc(Cl)cnc2C1=Cc1cccc(Cl)c1F.